The van der Waals surface area contributed by atoms with E-state index >= 15 is 0 Å². The number of anilines is 1. The number of rotatable bonds is 3. The SMILES string of the molecule is CC(C)(C)OC(=O)N1CCCC(Nc2c(C(=O)O)cnc3[nH]ccc23)CC1. The number of carboxylic acid groups (broad SMARTS) is 1. The quantitative estimate of drug-likeness (QED) is 0.759. The highest BCUT2D eigenvalue weighted by molar-refractivity contribution is 6.03. The molecule has 1 unspecified atom stereocenters. The van der Waals surface area contributed by atoms with Crippen molar-refractivity contribution in [2.45, 2.75) is 51.7 Å². The first-order valence-corrected chi connectivity index (χ1v) is 9.18. The number of carbonyl (C=O) groups is 2. The summed E-state index contributed by atoms with van der Waals surface area (Å²) >= 11 is 0. The molecule has 1 atom stereocenters. The van der Waals surface area contributed by atoms with Gasteiger partial charge < -0.3 is 25.0 Å². The Balaban J connectivity index is 1.73. The number of likely N-dealkylation sites (tertiary alicyclic amines) is 1. The summed E-state index contributed by atoms with van der Waals surface area (Å²) in [6.45, 7) is 6.76. The summed E-state index contributed by atoms with van der Waals surface area (Å²) in [5.74, 6) is -1.02. The van der Waals surface area contributed by atoms with Crippen molar-refractivity contribution in [2.24, 2.45) is 0 Å². The Bertz CT molecular complexity index is 840. The van der Waals surface area contributed by atoms with Crippen molar-refractivity contribution in [3.63, 3.8) is 0 Å². The number of aromatic amines is 1. The highest BCUT2D eigenvalue weighted by Gasteiger charge is 2.26. The van der Waals surface area contributed by atoms with Crippen LogP contribution in [0.25, 0.3) is 11.0 Å². The van der Waals surface area contributed by atoms with Gasteiger partial charge in [-0.3, -0.25) is 0 Å². The van der Waals surface area contributed by atoms with Gasteiger partial charge in [-0.1, -0.05) is 0 Å². The van der Waals surface area contributed by atoms with Crippen LogP contribution >= 0.6 is 0 Å². The zero-order valence-electron chi connectivity index (χ0n) is 15.9. The molecule has 146 valence electrons. The number of nitrogens with zero attached hydrogens (tertiary/aromatic N) is 2. The van der Waals surface area contributed by atoms with Crippen molar-refractivity contribution < 1.29 is 19.4 Å². The molecule has 0 bridgehead atoms. The summed E-state index contributed by atoms with van der Waals surface area (Å²) in [5.41, 5.74) is 0.847. The van der Waals surface area contributed by atoms with Gasteiger partial charge in [0.2, 0.25) is 0 Å². The minimum absolute atomic E-state index is 0.0658. The number of pyridine rings is 1. The molecule has 0 aromatic carbocycles. The van der Waals surface area contributed by atoms with Crippen molar-refractivity contribution in [3.8, 4) is 0 Å². The molecule has 1 fully saturated rings. The normalized spacial score (nSPS) is 18.2. The molecule has 0 aliphatic carbocycles. The molecule has 27 heavy (non-hydrogen) atoms. The number of carbonyl (C=O) groups excluding carboxylic acids is 1. The maximum absolute atomic E-state index is 12.3. The van der Waals surface area contributed by atoms with Crippen LogP contribution in [0.5, 0.6) is 0 Å². The van der Waals surface area contributed by atoms with Gasteiger partial charge in [0.25, 0.3) is 0 Å². The van der Waals surface area contributed by atoms with E-state index in [4.69, 9.17) is 4.74 Å². The number of carboxylic acids is 1. The number of nitrogens with one attached hydrogen (secondary N) is 2. The maximum Gasteiger partial charge on any atom is 0.410 e. The fourth-order valence-corrected chi connectivity index (χ4v) is 3.28. The van der Waals surface area contributed by atoms with Crippen LogP contribution in [0, 0.1) is 0 Å². The van der Waals surface area contributed by atoms with Crippen molar-refractivity contribution in [2.75, 3.05) is 18.4 Å². The van der Waals surface area contributed by atoms with Gasteiger partial charge in [-0.2, -0.15) is 0 Å². The van der Waals surface area contributed by atoms with Crippen molar-refractivity contribution in [1.82, 2.24) is 14.9 Å². The Hall–Kier alpha value is -2.77. The lowest BCUT2D eigenvalue weighted by Crippen LogP contribution is -2.37. The molecule has 1 saturated heterocycles. The molecule has 0 spiro atoms. The first-order valence-electron chi connectivity index (χ1n) is 9.18. The van der Waals surface area contributed by atoms with E-state index in [-0.39, 0.29) is 17.7 Å². The smallest absolute Gasteiger partial charge is 0.410 e. The summed E-state index contributed by atoms with van der Waals surface area (Å²) in [6.07, 6.45) is 5.19. The third-order valence-electron chi connectivity index (χ3n) is 4.55. The van der Waals surface area contributed by atoms with Crippen LogP contribution in [0.3, 0.4) is 0 Å². The topological polar surface area (TPSA) is 108 Å². The molecular weight excluding hydrogens is 348 g/mol. The van der Waals surface area contributed by atoms with Gasteiger partial charge in [-0.25, -0.2) is 14.6 Å². The molecule has 3 N–H and O–H groups in total. The minimum atomic E-state index is -1.02. The monoisotopic (exact) mass is 374 g/mol. The minimum Gasteiger partial charge on any atom is -0.478 e. The van der Waals surface area contributed by atoms with Crippen molar-refractivity contribution in [3.05, 3.63) is 24.0 Å². The predicted octanol–water partition coefficient (Wildman–Crippen LogP) is 3.46. The average Bonchev–Trinajstić information content (AvgIpc) is 2.92. The van der Waals surface area contributed by atoms with Crippen molar-refractivity contribution in [1.29, 1.82) is 0 Å². The van der Waals surface area contributed by atoms with Crippen LogP contribution in [-0.4, -0.2) is 56.8 Å². The summed E-state index contributed by atoms with van der Waals surface area (Å²) in [6, 6.07) is 1.89. The Morgan fingerprint density at radius 3 is 2.81 bits per heavy atom. The zero-order chi connectivity index (χ0) is 19.6. The van der Waals surface area contributed by atoms with Crippen LogP contribution in [0.15, 0.2) is 18.5 Å². The van der Waals surface area contributed by atoms with E-state index in [0.29, 0.717) is 30.8 Å². The summed E-state index contributed by atoms with van der Waals surface area (Å²) in [4.78, 5) is 32.8. The van der Waals surface area contributed by atoms with Crippen LogP contribution in [0.4, 0.5) is 10.5 Å². The molecule has 3 heterocycles. The highest BCUT2D eigenvalue weighted by Crippen LogP contribution is 2.28. The first-order chi connectivity index (χ1) is 12.7. The van der Waals surface area contributed by atoms with E-state index in [9.17, 15) is 14.7 Å². The largest absolute Gasteiger partial charge is 0.478 e. The van der Waals surface area contributed by atoms with Crippen molar-refractivity contribution >= 4 is 28.8 Å². The highest BCUT2D eigenvalue weighted by atomic mass is 16.6. The third kappa shape index (κ3) is 4.50. The van der Waals surface area contributed by atoms with E-state index in [2.05, 4.69) is 15.3 Å². The van der Waals surface area contributed by atoms with E-state index in [1.807, 2.05) is 26.8 Å². The summed E-state index contributed by atoms with van der Waals surface area (Å²) < 4.78 is 5.46. The second kappa shape index (κ2) is 7.46. The Morgan fingerprint density at radius 1 is 1.33 bits per heavy atom. The lowest BCUT2D eigenvalue weighted by Gasteiger charge is -2.26. The number of amides is 1. The molecule has 8 nitrogen and oxygen atoms in total. The summed E-state index contributed by atoms with van der Waals surface area (Å²) in [7, 11) is 0. The van der Waals surface area contributed by atoms with E-state index < -0.39 is 11.6 Å². The zero-order valence-corrected chi connectivity index (χ0v) is 15.9. The Kier molecular flexibility index (Phi) is 5.25. The first kappa shape index (κ1) is 19.0. The molecule has 1 aliphatic heterocycles. The van der Waals surface area contributed by atoms with Gasteiger partial charge in [-0.05, 0) is 46.1 Å². The van der Waals surface area contributed by atoms with Crippen LogP contribution in [0.1, 0.15) is 50.4 Å². The van der Waals surface area contributed by atoms with E-state index in [1.54, 1.807) is 11.1 Å². The fraction of sp³-hybridized carbons (Fsp3) is 0.526. The predicted molar refractivity (Wildman–Crippen MR) is 102 cm³/mol. The molecule has 0 radical (unpaired) electrons. The fourth-order valence-electron chi connectivity index (χ4n) is 3.28. The van der Waals surface area contributed by atoms with Gasteiger partial charge >= 0.3 is 12.1 Å². The van der Waals surface area contributed by atoms with Crippen LogP contribution in [-0.2, 0) is 4.74 Å². The lowest BCUT2D eigenvalue weighted by molar-refractivity contribution is 0.0256. The number of aromatic carboxylic acids is 1. The Morgan fingerprint density at radius 2 is 2.11 bits per heavy atom. The molecule has 1 aliphatic rings. The van der Waals surface area contributed by atoms with Gasteiger partial charge in [0.05, 0.1) is 5.69 Å². The molecule has 0 saturated carbocycles. The number of H-pyrrole nitrogens is 1. The van der Waals surface area contributed by atoms with Gasteiger partial charge in [-0.15, -0.1) is 0 Å². The average molecular weight is 374 g/mol. The van der Waals surface area contributed by atoms with Crippen LogP contribution < -0.4 is 5.32 Å². The standard InChI is InChI=1S/C19H26N4O4/c1-19(2,3)27-18(26)23-9-4-5-12(7-10-23)22-15-13-6-8-20-16(13)21-11-14(15)17(24)25/h6,8,11-12H,4-5,7,9-10H2,1-3H3,(H,24,25)(H2,20,21,22). The lowest BCUT2D eigenvalue weighted by atomic mass is 10.1. The maximum atomic E-state index is 12.3. The molecule has 2 aromatic rings. The number of hydrogen-bond donors (Lipinski definition) is 3. The number of aromatic nitrogens is 2. The summed E-state index contributed by atoms with van der Waals surface area (Å²) in [5, 5.41) is 13.7. The molecule has 2 aromatic heterocycles. The number of hydrogen-bond acceptors (Lipinski definition) is 5. The van der Waals surface area contributed by atoms with Crippen LogP contribution in [0.2, 0.25) is 0 Å². The third-order valence-corrected chi connectivity index (χ3v) is 4.55. The molecule has 8 heteroatoms. The molecule has 3 rings (SSSR count). The second-order valence-electron chi connectivity index (χ2n) is 7.83. The van der Waals surface area contributed by atoms with Gasteiger partial charge in [0.1, 0.15) is 16.8 Å². The van der Waals surface area contributed by atoms with E-state index in [0.717, 1.165) is 18.2 Å². The van der Waals surface area contributed by atoms with E-state index in [1.165, 1.54) is 6.20 Å². The second-order valence-corrected chi connectivity index (χ2v) is 7.83. The van der Waals surface area contributed by atoms with Gasteiger partial charge in [0.15, 0.2) is 0 Å². The number of fused-ring (bicyclic) bond motifs is 1. The molecule has 1 amide bonds. The van der Waals surface area contributed by atoms with Gasteiger partial charge in [0, 0.05) is 36.9 Å². The Labute approximate surface area is 157 Å². The number of ether oxygens (including phenoxy) is 1. The molecular formula is C19H26N4O4.